The van der Waals surface area contributed by atoms with Crippen molar-refractivity contribution < 1.29 is 8.42 Å². The Morgan fingerprint density at radius 2 is 2.16 bits per heavy atom. The molecule has 0 aliphatic carbocycles. The lowest BCUT2D eigenvalue weighted by Crippen LogP contribution is -2.46. The highest BCUT2D eigenvalue weighted by Crippen LogP contribution is 2.28. The molecule has 1 saturated heterocycles. The minimum absolute atomic E-state index is 0.300. The van der Waals surface area contributed by atoms with E-state index in [-0.39, 0.29) is 0 Å². The van der Waals surface area contributed by atoms with Crippen molar-refractivity contribution in [2.75, 3.05) is 20.1 Å². The average Bonchev–Trinajstić information content (AvgIpc) is 2.72. The van der Waals surface area contributed by atoms with Gasteiger partial charge < -0.3 is 10.2 Å². The summed E-state index contributed by atoms with van der Waals surface area (Å²) in [5.41, 5.74) is 0.718. The van der Waals surface area contributed by atoms with Crippen LogP contribution >= 0.6 is 0 Å². The van der Waals surface area contributed by atoms with Gasteiger partial charge in [-0.15, -0.1) is 4.40 Å². The lowest BCUT2D eigenvalue weighted by Gasteiger charge is -2.33. The normalized spacial score (nSPS) is 24.7. The molecule has 5 nitrogen and oxygen atoms in total. The Hall–Kier alpha value is -1.40. The zero-order valence-corrected chi connectivity index (χ0v) is 11.7. The monoisotopic (exact) mass is 279 g/mol. The summed E-state index contributed by atoms with van der Waals surface area (Å²) in [5, 5.41) is 3.34. The van der Waals surface area contributed by atoms with Crippen molar-refractivity contribution in [3.05, 3.63) is 29.8 Å². The third-order valence-corrected chi connectivity index (χ3v) is 5.09. The van der Waals surface area contributed by atoms with Gasteiger partial charge in [0.2, 0.25) is 0 Å². The number of amidine groups is 1. The van der Waals surface area contributed by atoms with Gasteiger partial charge in [0.25, 0.3) is 10.0 Å². The summed E-state index contributed by atoms with van der Waals surface area (Å²) in [5.74, 6) is 0.573. The van der Waals surface area contributed by atoms with E-state index in [1.54, 1.807) is 12.1 Å². The largest absolute Gasteiger partial charge is 0.354 e. The summed E-state index contributed by atoms with van der Waals surface area (Å²) in [7, 11) is -1.59. The molecule has 1 aromatic carbocycles. The van der Waals surface area contributed by atoms with E-state index in [4.69, 9.17) is 0 Å². The maximum atomic E-state index is 12.0. The molecule has 2 aliphatic heterocycles. The number of likely N-dealkylation sites (N-methyl/N-ethyl adjacent to an activating group) is 1. The highest BCUT2D eigenvalue weighted by Gasteiger charge is 2.32. The zero-order valence-electron chi connectivity index (χ0n) is 10.8. The van der Waals surface area contributed by atoms with Crippen LogP contribution in [0.15, 0.2) is 33.6 Å². The summed E-state index contributed by atoms with van der Waals surface area (Å²) in [4.78, 5) is 2.32. The molecule has 1 aromatic rings. The van der Waals surface area contributed by atoms with Crippen molar-refractivity contribution >= 4 is 15.9 Å². The lowest BCUT2D eigenvalue weighted by molar-refractivity contribution is 0.294. The SMILES string of the molecule is CN(C1=NS(=O)(=O)c2ccccc21)[C@H]1CCCNC1. The fourth-order valence-electron chi connectivity index (χ4n) is 2.68. The number of hydrogen-bond acceptors (Lipinski definition) is 4. The van der Waals surface area contributed by atoms with Crippen molar-refractivity contribution in [2.24, 2.45) is 4.40 Å². The summed E-state index contributed by atoms with van der Waals surface area (Å²) in [6.07, 6.45) is 2.17. The highest BCUT2D eigenvalue weighted by atomic mass is 32.2. The van der Waals surface area contributed by atoms with Gasteiger partial charge in [0.05, 0.1) is 0 Å². The molecule has 19 heavy (non-hydrogen) atoms. The van der Waals surface area contributed by atoms with Crippen molar-refractivity contribution in [3.63, 3.8) is 0 Å². The number of fused-ring (bicyclic) bond motifs is 1. The molecule has 0 unspecified atom stereocenters. The van der Waals surface area contributed by atoms with E-state index in [1.165, 1.54) is 0 Å². The van der Waals surface area contributed by atoms with Crippen LogP contribution in [0.25, 0.3) is 0 Å². The van der Waals surface area contributed by atoms with Crippen molar-refractivity contribution in [3.8, 4) is 0 Å². The minimum Gasteiger partial charge on any atom is -0.354 e. The molecule has 0 saturated carbocycles. The van der Waals surface area contributed by atoms with Crippen LogP contribution in [-0.2, 0) is 10.0 Å². The van der Waals surface area contributed by atoms with E-state index in [1.807, 2.05) is 24.1 Å². The van der Waals surface area contributed by atoms with Crippen molar-refractivity contribution in [1.29, 1.82) is 0 Å². The average molecular weight is 279 g/mol. The smallest absolute Gasteiger partial charge is 0.285 e. The first-order chi connectivity index (χ1) is 9.09. The molecule has 2 aliphatic rings. The Morgan fingerprint density at radius 1 is 1.37 bits per heavy atom. The molecular weight excluding hydrogens is 262 g/mol. The second kappa shape index (κ2) is 4.61. The fourth-order valence-corrected chi connectivity index (χ4v) is 3.92. The molecule has 0 amide bonds. The Morgan fingerprint density at radius 3 is 2.89 bits per heavy atom. The predicted octanol–water partition coefficient (Wildman–Crippen LogP) is 0.819. The number of hydrogen-bond donors (Lipinski definition) is 1. The van der Waals surface area contributed by atoms with E-state index in [0.29, 0.717) is 16.8 Å². The molecule has 1 atom stereocenters. The Labute approximate surface area is 113 Å². The topological polar surface area (TPSA) is 61.8 Å². The molecule has 1 N–H and O–H groups in total. The maximum Gasteiger partial charge on any atom is 0.285 e. The van der Waals surface area contributed by atoms with Gasteiger partial charge in [-0.3, -0.25) is 0 Å². The molecule has 3 rings (SSSR count). The molecular formula is C13H17N3O2S. The zero-order chi connectivity index (χ0) is 13.5. The third kappa shape index (κ3) is 2.15. The van der Waals surface area contributed by atoms with Gasteiger partial charge in [-0.1, -0.05) is 12.1 Å². The lowest BCUT2D eigenvalue weighted by atomic mass is 10.0. The van der Waals surface area contributed by atoms with E-state index >= 15 is 0 Å². The van der Waals surface area contributed by atoms with Crippen LogP contribution in [0.5, 0.6) is 0 Å². The molecule has 0 spiro atoms. The van der Waals surface area contributed by atoms with E-state index in [2.05, 4.69) is 9.71 Å². The quantitative estimate of drug-likeness (QED) is 0.827. The third-order valence-electron chi connectivity index (χ3n) is 3.77. The molecule has 2 heterocycles. The van der Waals surface area contributed by atoms with Crippen LogP contribution < -0.4 is 5.32 Å². The van der Waals surface area contributed by atoms with Gasteiger partial charge in [0, 0.05) is 25.2 Å². The fraction of sp³-hybridized carbons (Fsp3) is 0.462. The van der Waals surface area contributed by atoms with E-state index in [0.717, 1.165) is 31.5 Å². The number of piperidine rings is 1. The first-order valence-corrected chi connectivity index (χ1v) is 7.91. The second-order valence-corrected chi connectivity index (χ2v) is 6.57. The highest BCUT2D eigenvalue weighted by molar-refractivity contribution is 7.90. The van der Waals surface area contributed by atoms with Gasteiger partial charge in [-0.05, 0) is 31.5 Å². The van der Waals surface area contributed by atoms with Gasteiger partial charge >= 0.3 is 0 Å². The van der Waals surface area contributed by atoms with Crippen LogP contribution in [0.4, 0.5) is 0 Å². The van der Waals surface area contributed by atoms with Crippen LogP contribution in [-0.4, -0.2) is 45.3 Å². The molecule has 0 aromatic heterocycles. The summed E-state index contributed by atoms with van der Waals surface area (Å²) < 4.78 is 28.0. The van der Waals surface area contributed by atoms with Crippen molar-refractivity contribution in [2.45, 2.75) is 23.8 Å². The molecule has 0 bridgehead atoms. The number of nitrogens with zero attached hydrogens (tertiary/aromatic N) is 2. The summed E-state index contributed by atoms with van der Waals surface area (Å²) in [6, 6.07) is 7.33. The molecule has 102 valence electrons. The maximum absolute atomic E-state index is 12.0. The van der Waals surface area contributed by atoms with Crippen LogP contribution in [0.3, 0.4) is 0 Å². The molecule has 1 fully saturated rings. The Bertz CT molecular complexity index is 619. The molecule has 0 radical (unpaired) electrons. The number of sulfonamides is 1. The number of nitrogens with one attached hydrogen (secondary N) is 1. The van der Waals surface area contributed by atoms with Gasteiger partial charge in [-0.25, -0.2) is 0 Å². The van der Waals surface area contributed by atoms with Gasteiger partial charge in [-0.2, -0.15) is 8.42 Å². The Balaban J connectivity index is 1.97. The number of benzene rings is 1. The minimum atomic E-state index is -3.51. The summed E-state index contributed by atoms with van der Waals surface area (Å²) >= 11 is 0. The van der Waals surface area contributed by atoms with Gasteiger partial charge in [0.15, 0.2) is 5.84 Å². The van der Waals surface area contributed by atoms with Crippen LogP contribution in [0.2, 0.25) is 0 Å². The second-order valence-electron chi connectivity index (χ2n) is 5.00. The standard InChI is InChI=1S/C13H17N3O2S/c1-16(10-5-4-8-14-9-10)13-11-6-2-3-7-12(11)19(17,18)15-13/h2-3,6-7,10,14H,4-5,8-9H2,1H3/t10-/m0/s1. The van der Waals surface area contributed by atoms with E-state index in [9.17, 15) is 8.42 Å². The Kier molecular flexibility index (Phi) is 3.06. The predicted molar refractivity (Wildman–Crippen MR) is 73.8 cm³/mol. The van der Waals surface area contributed by atoms with Crippen LogP contribution in [0, 0.1) is 0 Å². The number of rotatable bonds is 1. The first kappa shape index (κ1) is 12.6. The summed E-state index contributed by atoms with van der Waals surface area (Å²) in [6.45, 7) is 1.91. The van der Waals surface area contributed by atoms with E-state index < -0.39 is 10.0 Å². The van der Waals surface area contributed by atoms with Crippen molar-refractivity contribution in [1.82, 2.24) is 10.2 Å². The van der Waals surface area contributed by atoms with Gasteiger partial charge in [0.1, 0.15) is 4.90 Å². The molecule has 6 heteroatoms. The first-order valence-electron chi connectivity index (χ1n) is 6.47. The van der Waals surface area contributed by atoms with Crippen LogP contribution in [0.1, 0.15) is 18.4 Å².